The number of benzene rings is 2. The second-order valence-electron chi connectivity index (χ2n) is 6.31. The Balaban J connectivity index is 0.000000449. The molecule has 2 aromatic carbocycles. The van der Waals surface area contributed by atoms with E-state index in [9.17, 15) is 4.79 Å². The number of carbonyl (C=O) groups excluding carboxylic acids is 1. The lowest BCUT2D eigenvalue weighted by Gasteiger charge is -2.11. The zero-order valence-electron chi connectivity index (χ0n) is 16.0. The van der Waals surface area contributed by atoms with E-state index in [0.717, 1.165) is 22.9 Å². The Morgan fingerprint density at radius 1 is 1.10 bits per heavy atom. The van der Waals surface area contributed by atoms with Crippen molar-refractivity contribution in [2.45, 2.75) is 23.6 Å². The van der Waals surface area contributed by atoms with Crippen molar-refractivity contribution in [1.29, 1.82) is 0 Å². The molecule has 0 bridgehead atoms. The molecule has 0 saturated carbocycles. The van der Waals surface area contributed by atoms with Gasteiger partial charge in [0, 0.05) is 11.3 Å². The van der Waals surface area contributed by atoms with Crippen molar-refractivity contribution in [3.63, 3.8) is 0 Å². The van der Waals surface area contributed by atoms with Crippen LogP contribution in [0, 0.1) is 0 Å². The molecule has 0 spiro atoms. The van der Waals surface area contributed by atoms with Gasteiger partial charge in [-0.1, -0.05) is 42.5 Å². The molecule has 2 atom stereocenters. The van der Waals surface area contributed by atoms with Crippen LogP contribution >= 0.6 is 35.1 Å². The number of carbonyl (C=O) groups is 1. The van der Waals surface area contributed by atoms with Crippen LogP contribution in [0.2, 0.25) is 0 Å². The van der Waals surface area contributed by atoms with Crippen LogP contribution in [-0.2, 0) is 22.5 Å². The van der Waals surface area contributed by atoms with E-state index in [-0.39, 0.29) is 5.56 Å². The number of nitrogens with two attached hydrogens (primary N) is 1. The van der Waals surface area contributed by atoms with Gasteiger partial charge in [0.1, 0.15) is 0 Å². The molecule has 0 aliphatic carbocycles. The third-order valence-electron chi connectivity index (χ3n) is 4.39. The van der Waals surface area contributed by atoms with Gasteiger partial charge in [-0.15, -0.1) is 35.1 Å². The molecular weight excluding hydrogens is 424 g/mol. The summed E-state index contributed by atoms with van der Waals surface area (Å²) in [5.41, 5.74) is 9.33. The Kier molecular flexibility index (Phi) is 9.66. The second kappa shape index (κ2) is 12.0. The number of ether oxygens (including phenoxy) is 1. The Bertz CT molecular complexity index is 994. The minimum Gasteiger partial charge on any atom is -0.471 e. The number of para-hydroxylation sites is 1. The third-order valence-corrected chi connectivity index (χ3v) is 5.52. The molecule has 4 rings (SSSR count). The Hall–Kier alpha value is -1.87. The van der Waals surface area contributed by atoms with Crippen LogP contribution in [0.4, 0.5) is 0 Å². The third kappa shape index (κ3) is 6.85. The lowest BCUT2D eigenvalue weighted by molar-refractivity contribution is -0.126. The number of thiol groups is 2. The molecule has 8 heteroatoms. The molecule has 1 saturated heterocycles. The van der Waals surface area contributed by atoms with E-state index in [1.54, 1.807) is 6.07 Å². The van der Waals surface area contributed by atoms with Crippen LogP contribution in [0.25, 0.3) is 10.9 Å². The van der Waals surface area contributed by atoms with Crippen molar-refractivity contribution in [3.8, 4) is 0 Å². The quantitative estimate of drug-likeness (QED) is 0.241. The summed E-state index contributed by atoms with van der Waals surface area (Å²) < 4.78 is 5.70. The fourth-order valence-corrected chi connectivity index (χ4v) is 3.70. The van der Waals surface area contributed by atoms with Gasteiger partial charge in [0.15, 0.2) is 0 Å². The summed E-state index contributed by atoms with van der Waals surface area (Å²) in [5, 5.41) is 1.92. The first-order valence-corrected chi connectivity index (χ1v) is 11.4. The van der Waals surface area contributed by atoms with Gasteiger partial charge >= 0.3 is 0 Å². The van der Waals surface area contributed by atoms with E-state index in [2.05, 4.69) is 52.3 Å². The van der Waals surface area contributed by atoms with Crippen molar-refractivity contribution in [2.24, 2.45) is 5.73 Å². The molecule has 5 nitrogen and oxygen atoms in total. The predicted molar refractivity (Wildman–Crippen MR) is 128 cm³/mol. The summed E-state index contributed by atoms with van der Waals surface area (Å²) >= 11 is 8.27. The van der Waals surface area contributed by atoms with E-state index in [0.29, 0.717) is 23.6 Å². The molecule has 1 aromatic heterocycles. The molecule has 0 amide bonds. The first-order valence-electron chi connectivity index (χ1n) is 8.86. The maximum atomic E-state index is 12.3. The highest BCUT2D eigenvalue weighted by Crippen LogP contribution is 2.39. The minimum absolute atomic E-state index is 0.0360. The van der Waals surface area contributed by atoms with Gasteiger partial charge in [0.2, 0.25) is 0 Å². The SMILES string of the molecule is COC=O.NC1SC1Cc1cccc(Cn2c(=O)ccc3ccccc32)c1.SS. The molecule has 1 aliphatic rings. The highest BCUT2D eigenvalue weighted by molar-refractivity contribution is 8.59. The number of fused-ring (bicyclic) bond motifs is 1. The first kappa shape index (κ1) is 23.4. The van der Waals surface area contributed by atoms with Crippen LogP contribution < -0.4 is 11.3 Å². The number of rotatable bonds is 5. The number of hydrogen-bond acceptors (Lipinski definition) is 7. The summed E-state index contributed by atoms with van der Waals surface area (Å²) in [7, 11) is 1.31. The summed E-state index contributed by atoms with van der Waals surface area (Å²) in [6.45, 7) is 0.970. The van der Waals surface area contributed by atoms with Gasteiger partial charge in [0.25, 0.3) is 12.0 Å². The smallest absolute Gasteiger partial charge is 0.292 e. The molecule has 3 aromatic rings. The van der Waals surface area contributed by atoms with Crippen molar-refractivity contribution < 1.29 is 9.53 Å². The molecule has 29 heavy (non-hydrogen) atoms. The van der Waals surface area contributed by atoms with Gasteiger partial charge in [0.05, 0.1) is 24.5 Å². The van der Waals surface area contributed by atoms with Gasteiger partial charge in [-0.3, -0.25) is 9.59 Å². The topological polar surface area (TPSA) is 74.3 Å². The maximum Gasteiger partial charge on any atom is 0.292 e. The maximum absolute atomic E-state index is 12.3. The Labute approximate surface area is 184 Å². The Morgan fingerprint density at radius 3 is 2.41 bits per heavy atom. The zero-order valence-corrected chi connectivity index (χ0v) is 18.6. The van der Waals surface area contributed by atoms with E-state index >= 15 is 0 Å². The molecule has 2 N–H and O–H groups in total. The van der Waals surface area contributed by atoms with E-state index in [1.165, 1.54) is 12.7 Å². The predicted octanol–water partition coefficient (Wildman–Crippen LogP) is 3.54. The van der Waals surface area contributed by atoms with E-state index in [4.69, 9.17) is 10.5 Å². The highest BCUT2D eigenvalue weighted by Gasteiger charge is 2.34. The van der Waals surface area contributed by atoms with Gasteiger partial charge < -0.3 is 15.0 Å². The highest BCUT2D eigenvalue weighted by atomic mass is 33.1. The number of nitrogens with zero attached hydrogens (tertiary/aromatic N) is 1. The first-order chi connectivity index (χ1) is 14.1. The summed E-state index contributed by atoms with van der Waals surface area (Å²) in [6, 6.07) is 20.0. The van der Waals surface area contributed by atoms with Crippen LogP contribution in [0.1, 0.15) is 11.1 Å². The fraction of sp³-hybridized carbons (Fsp3) is 0.238. The number of pyridine rings is 1. The molecule has 2 unspecified atom stereocenters. The van der Waals surface area contributed by atoms with Crippen molar-refractivity contribution in [3.05, 3.63) is 82.1 Å². The van der Waals surface area contributed by atoms with Gasteiger partial charge in [-0.2, -0.15) is 0 Å². The van der Waals surface area contributed by atoms with Crippen LogP contribution in [0.15, 0.2) is 65.5 Å². The molecule has 2 heterocycles. The molecule has 1 fully saturated rings. The molecule has 1 aliphatic heterocycles. The number of methoxy groups -OCH3 is 1. The van der Waals surface area contributed by atoms with Crippen LogP contribution in [-0.4, -0.2) is 28.8 Å². The minimum atomic E-state index is 0.0360. The number of thioether (sulfide) groups is 1. The van der Waals surface area contributed by atoms with Crippen molar-refractivity contribution in [2.75, 3.05) is 7.11 Å². The lowest BCUT2D eigenvalue weighted by atomic mass is 10.1. The average Bonchev–Trinajstić information content (AvgIpc) is 3.46. The monoisotopic (exact) mass is 448 g/mol. The van der Waals surface area contributed by atoms with Crippen molar-refractivity contribution in [1.82, 2.24) is 4.57 Å². The average molecular weight is 449 g/mol. The Morgan fingerprint density at radius 2 is 1.76 bits per heavy atom. The van der Waals surface area contributed by atoms with Crippen LogP contribution in [0.5, 0.6) is 0 Å². The molecule has 0 radical (unpaired) electrons. The summed E-state index contributed by atoms with van der Waals surface area (Å²) in [5.74, 6) is 0. The largest absolute Gasteiger partial charge is 0.471 e. The standard InChI is InChI=1S/C19H18N2OS.C2H4O2.H2S2/c20-19-17(23-19)11-13-4-3-5-14(10-13)12-21-16-7-2-1-6-15(16)8-9-18(21)22;1-4-2-3;1-2/h1-10,17,19H,11-12,20H2;2H,1H3;1-2H. The zero-order chi connectivity index (χ0) is 21.2. The normalized spacial score (nSPS) is 16.7. The van der Waals surface area contributed by atoms with Gasteiger partial charge in [-0.05, 0) is 35.1 Å². The summed E-state index contributed by atoms with van der Waals surface area (Å²) in [4.78, 5) is 21.2. The van der Waals surface area contributed by atoms with Crippen molar-refractivity contribution >= 4 is 52.5 Å². The van der Waals surface area contributed by atoms with Crippen LogP contribution in [0.3, 0.4) is 0 Å². The lowest BCUT2D eigenvalue weighted by Crippen LogP contribution is -2.20. The number of aromatic nitrogens is 1. The van der Waals surface area contributed by atoms with E-state index < -0.39 is 0 Å². The molecular formula is C21H24N2O3S3. The fourth-order valence-electron chi connectivity index (χ4n) is 3.00. The second-order valence-corrected chi connectivity index (χ2v) is 7.73. The van der Waals surface area contributed by atoms with Gasteiger partial charge in [-0.25, -0.2) is 0 Å². The molecule has 154 valence electrons. The number of hydrogen-bond donors (Lipinski definition) is 3. The summed E-state index contributed by atoms with van der Waals surface area (Å²) in [6.07, 6.45) is 1.00. The van der Waals surface area contributed by atoms with E-state index in [1.807, 2.05) is 46.7 Å².